The van der Waals surface area contributed by atoms with Crippen LogP contribution in [0.2, 0.25) is 0 Å². The highest BCUT2D eigenvalue weighted by molar-refractivity contribution is 7.26. The number of rotatable bonds is 3. The van der Waals surface area contributed by atoms with Crippen molar-refractivity contribution in [1.29, 1.82) is 0 Å². The molecule has 0 unspecified atom stereocenters. The van der Waals surface area contributed by atoms with Crippen LogP contribution in [-0.4, -0.2) is 14.1 Å². The quantitative estimate of drug-likeness (QED) is 0.194. The molecule has 0 aliphatic heterocycles. The molecular formula is C43H25N3OS. The highest BCUT2D eigenvalue weighted by atomic mass is 32.1. The molecule has 48 heavy (non-hydrogen) atoms. The van der Waals surface area contributed by atoms with Gasteiger partial charge in [-0.25, -0.2) is 0 Å². The summed E-state index contributed by atoms with van der Waals surface area (Å²) in [5.41, 5.74) is 9.79. The molecule has 0 N–H and O–H groups in total. The molecule has 0 aliphatic rings. The zero-order valence-electron chi connectivity index (χ0n) is 25.6. The average molecular weight is 632 g/mol. The van der Waals surface area contributed by atoms with Gasteiger partial charge in [-0.15, -0.1) is 11.3 Å². The summed E-state index contributed by atoms with van der Waals surface area (Å²) >= 11 is 1.88. The minimum absolute atomic E-state index is 0.581. The number of thiophene rings is 1. The Kier molecular flexibility index (Phi) is 5.23. The van der Waals surface area contributed by atoms with E-state index in [1.54, 1.807) is 0 Å². The van der Waals surface area contributed by atoms with Crippen LogP contribution >= 0.6 is 11.3 Å². The Hall–Kier alpha value is -6.17. The maximum atomic E-state index is 6.27. The zero-order chi connectivity index (χ0) is 31.3. The van der Waals surface area contributed by atoms with Crippen LogP contribution in [0, 0.1) is 0 Å². The van der Waals surface area contributed by atoms with Crippen molar-refractivity contribution in [2.45, 2.75) is 0 Å². The second-order valence-corrected chi connectivity index (χ2v) is 13.4. The monoisotopic (exact) mass is 631 g/mol. The number of benzene rings is 7. The first-order valence-electron chi connectivity index (χ1n) is 16.1. The Bertz CT molecular complexity index is 3030. The molecular weight excluding hydrogens is 607 g/mol. The predicted molar refractivity (Wildman–Crippen MR) is 201 cm³/mol. The summed E-state index contributed by atoms with van der Waals surface area (Å²) in [5, 5.41) is 7.48. The molecule has 4 nitrogen and oxygen atoms in total. The van der Waals surface area contributed by atoms with Gasteiger partial charge in [0.2, 0.25) is 0 Å². The first-order valence-corrected chi connectivity index (χ1v) is 17.0. The van der Waals surface area contributed by atoms with Gasteiger partial charge in [0.1, 0.15) is 5.52 Å². The van der Waals surface area contributed by atoms with E-state index < -0.39 is 0 Å². The first-order chi connectivity index (χ1) is 23.8. The van der Waals surface area contributed by atoms with Gasteiger partial charge in [0.15, 0.2) is 5.58 Å². The minimum atomic E-state index is 0.581. The fourth-order valence-electron chi connectivity index (χ4n) is 7.62. The maximum Gasteiger partial charge on any atom is 0.307 e. The smallest absolute Gasteiger partial charge is 0.307 e. The molecule has 0 radical (unpaired) electrons. The Morgan fingerprint density at radius 2 is 1.12 bits per heavy atom. The molecule has 4 aromatic heterocycles. The van der Waals surface area contributed by atoms with Crippen molar-refractivity contribution in [3.8, 4) is 22.8 Å². The van der Waals surface area contributed by atoms with Gasteiger partial charge in [0.25, 0.3) is 0 Å². The number of para-hydroxylation sites is 4. The van der Waals surface area contributed by atoms with E-state index in [0.29, 0.717) is 6.01 Å². The third kappa shape index (κ3) is 3.56. The van der Waals surface area contributed by atoms with Crippen molar-refractivity contribution in [2.24, 2.45) is 0 Å². The molecule has 0 atom stereocenters. The average Bonchev–Trinajstić information content (AvgIpc) is 3.90. The number of hydrogen-bond acceptors (Lipinski definition) is 3. The molecule has 11 aromatic rings. The first kappa shape index (κ1) is 26.0. The highest BCUT2D eigenvalue weighted by Crippen LogP contribution is 2.44. The molecule has 0 saturated carbocycles. The molecule has 0 aliphatic carbocycles. The lowest BCUT2D eigenvalue weighted by molar-refractivity contribution is 0.574. The number of aromatic nitrogens is 3. The van der Waals surface area contributed by atoms with Crippen LogP contribution in [0.15, 0.2) is 156 Å². The van der Waals surface area contributed by atoms with Gasteiger partial charge in [-0.1, -0.05) is 91.0 Å². The zero-order valence-corrected chi connectivity index (χ0v) is 26.4. The third-order valence-electron chi connectivity index (χ3n) is 9.77. The summed E-state index contributed by atoms with van der Waals surface area (Å²) in [5.74, 6) is 0. The normalized spacial score (nSPS) is 12.2. The van der Waals surface area contributed by atoms with Gasteiger partial charge < -0.3 is 8.98 Å². The number of hydrogen-bond donors (Lipinski definition) is 0. The maximum absolute atomic E-state index is 6.27. The van der Waals surface area contributed by atoms with Crippen molar-refractivity contribution in [3.63, 3.8) is 0 Å². The number of fused-ring (bicyclic) bond motifs is 11. The Morgan fingerprint density at radius 1 is 0.479 bits per heavy atom. The largest absolute Gasteiger partial charge is 0.423 e. The van der Waals surface area contributed by atoms with Gasteiger partial charge in [-0.2, -0.15) is 4.98 Å². The minimum Gasteiger partial charge on any atom is -0.423 e. The standard InChI is InChI=1S/C43H25N3OS/c1-2-10-28(11-3-1)45-37-22-18-27(25-34(37)31-20-21-32-30-13-5-9-17-40(30)48-42(32)41(31)45)26-19-23-38-33(24-26)29-12-4-7-15-36(29)46(38)43-44-35-14-6-8-16-39(35)47-43/h1-25H. The van der Waals surface area contributed by atoms with Crippen molar-refractivity contribution < 1.29 is 4.42 Å². The number of nitrogens with zero attached hydrogens (tertiary/aromatic N) is 3. The Balaban J connectivity index is 1.16. The topological polar surface area (TPSA) is 35.9 Å². The molecule has 0 saturated heterocycles. The molecule has 5 heteroatoms. The van der Waals surface area contributed by atoms with Crippen molar-refractivity contribution >= 4 is 86.2 Å². The summed E-state index contributed by atoms with van der Waals surface area (Å²) in [6, 6.07) is 54.8. The lowest BCUT2D eigenvalue weighted by Crippen LogP contribution is -1.93. The molecule has 7 aromatic carbocycles. The fraction of sp³-hybridized carbons (Fsp3) is 0. The molecule has 224 valence electrons. The van der Waals surface area contributed by atoms with Gasteiger partial charge in [0, 0.05) is 42.7 Å². The highest BCUT2D eigenvalue weighted by Gasteiger charge is 2.20. The molecule has 11 rings (SSSR count). The van der Waals surface area contributed by atoms with Crippen molar-refractivity contribution in [3.05, 3.63) is 152 Å². The van der Waals surface area contributed by atoms with Crippen LogP contribution in [0.4, 0.5) is 0 Å². The molecule has 0 fully saturated rings. The summed E-state index contributed by atoms with van der Waals surface area (Å²) in [7, 11) is 0. The van der Waals surface area contributed by atoms with Crippen molar-refractivity contribution in [2.75, 3.05) is 0 Å². The second-order valence-electron chi connectivity index (χ2n) is 12.4. The van der Waals surface area contributed by atoms with E-state index in [4.69, 9.17) is 9.40 Å². The summed E-state index contributed by atoms with van der Waals surface area (Å²) in [6.07, 6.45) is 0. The predicted octanol–water partition coefficient (Wildman–Crippen LogP) is 12.1. The summed E-state index contributed by atoms with van der Waals surface area (Å²) < 4.78 is 13.5. The van der Waals surface area contributed by atoms with Crippen LogP contribution in [0.25, 0.3) is 97.7 Å². The van der Waals surface area contributed by atoms with Gasteiger partial charge >= 0.3 is 6.01 Å². The summed E-state index contributed by atoms with van der Waals surface area (Å²) in [4.78, 5) is 4.86. The van der Waals surface area contributed by atoms with E-state index in [9.17, 15) is 0 Å². The van der Waals surface area contributed by atoms with E-state index in [1.165, 1.54) is 69.6 Å². The van der Waals surface area contributed by atoms with Crippen LogP contribution in [0.1, 0.15) is 0 Å². The van der Waals surface area contributed by atoms with Crippen LogP contribution in [0.3, 0.4) is 0 Å². The van der Waals surface area contributed by atoms with Crippen LogP contribution < -0.4 is 0 Å². The lowest BCUT2D eigenvalue weighted by Gasteiger charge is -2.09. The number of oxazole rings is 1. The summed E-state index contributed by atoms with van der Waals surface area (Å²) in [6.45, 7) is 0. The molecule has 0 spiro atoms. The third-order valence-corrected chi connectivity index (χ3v) is 11.0. The fourth-order valence-corrected chi connectivity index (χ4v) is 8.86. The second kappa shape index (κ2) is 9.67. The Morgan fingerprint density at radius 3 is 1.96 bits per heavy atom. The van der Waals surface area contributed by atoms with Gasteiger partial charge in [-0.05, 0) is 71.8 Å². The van der Waals surface area contributed by atoms with Gasteiger partial charge in [0.05, 0.1) is 26.8 Å². The van der Waals surface area contributed by atoms with Crippen LogP contribution in [0.5, 0.6) is 0 Å². The molecule has 0 bridgehead atoms. The van der Waals surface area contributed by atoms with Gasteiger partial charge in [-0.3, -0.25) is 4.57 Å². The van der Waals surface area contributed by atoms with E-state index in [-0.39, 0.29) is 0 Å². The SMILES string of the molecule is c1ccc(-n2c3ccc(-c4ccc5c(c4)c4ccccc4n5-c4nc5ccccc5o4)cc3c3ccc4c5ccccc5sc4c32)cc1. The van der Waals surface area contributed by atoms with E-state index in [2.05, 4.69) is 137 Å². The van der Waals surface area contributed by atoms with E-state index in [0.717, 1.165) is 22.1 Å². The van der Waals surface area contributed by atoms with E-state index >= 15 is 0 Å². The van der Waals surface area contributed by atoms with Crippen molar-refractivity contribution in [1.82, 2.24) is 14.1 Å². The van der Waals surface area contributed by atoms with Crippen LogP contribution in [-0.2, 0) is 0 Å². The lowest BCUT2D eigenvalue weighted by atomic mass is 10.0. The van der Waals surface area contributed by atoms with E-state index in [1.807, 2.05) is 35.6 Å². The molecule has 0 amide bonds. The molecule has 4 heterocycles. The Labute approximate surface area is 278 Å².